The molecule has 0 saturated heterocycles. The summed E-state index contributed by atoms with van der Waals surface area (Å²) in [6.45, 7) is 2.22. The molecule has 0 saturated carbocycles. The van der Waals surface area contributed by atoms with Crippen LogP contribution in [-0.4, -0.2) is 82.2 Å². The summed E-state index contributed by atoms with van der Waals surface area (Å²) in [5.41, 5.74) is 1.62. The average Bonchev–Trinajstić information content (AvgIpc) is 3.32. The number of nitrogens with zero attached hydrogens (tertiary/aromatic N) is 2. The summed E-state index contributed by atoms with van der Waals surface area (Å²) in [6, 6.07) is 11.0. The third-order valence-electron chi connectivity index (χ3n) is 6.61. The fourth-order valence-corrected chi connectivity index (χ4v) is 4.58. The molecule has 1 aromatic heterocycles. The average molecular weight is 684 g/mol. The van der Waals surface area contributed by atoms with E-state index in [1.807, 2.05) is 6.92 Å². The highest BCUT2D eigenvalue weighted by molar-refractivity contribution is 7.81. The number of nitrogens with one attached hydrogen (secondary N) is 3. The number of amides is 4. The van der Waals surface area contributed by atoms with Crippen LogP contribution in [0.15, 0.2) is 66.8 Å². The molecule has 0 atom stereocenters. The van der Waals surface area contributed by atoms with Crippen molar-refractivity contribution in [1.82, 2.24) is 25.6 Å². The molecule has 4 N–H and O–H groups in total. The SMILES string of the molecule is C/C=C/C=C/CN(Oc1ccc2c(c1)c(CC(=O)O)c(C)n2C(=O)c1ccc(Cl)cc1)C(=O)CNC(=O)CNC(=O)CNC(=O)CS. The van der Waals surface area contributed by atoms with Crippen molar-refractivity contribution in [2.24, 2.45) is 0 Å². The van der Waals surface area contributed by atoms with Crippen molar-refractivity contribution in [2.75, 3.05) is 31.9 Å². The number of aromatic nitrogens is 1. The van der Waals surface area contributed by atoms with Gasteiger partial charge in [-0.1, -0.05) is 35.9 Å². The van der Waals surface area contributed by atoms with E-state index in [0.717, 1.165) is 5.06 Å². The summed E-state index contributed by atoms with van der Waals surface area (Å²) in [5, 5.41) is 18.6. The van der Waals surface area contributed by atoms with Gasteiger partial charge >= 0.3 is 5.97 Å². The van der Waals surface area contributed by atoms with E-state index in [1.165, 1.54) is 10.6 Å². The number of carbonyl (C=O) groups is 6. The van der Waals surface area contributed by atoms with Crippen LogP contribution in [0.5, 0.6) is 5.75 Å². The molecular weight excluding hydrogens is 650 g/mol. The molecule has 0 aliphatic heterocycles. The smallest absolute Gasteiger partial charge is 0.307 e. The van der Waals surface area contributed by atoms with Crippen LogP contribution in [-0.2, 0) is 30.4 Å². The first kappa shape index (κ1) is 36.4. The van der Waals surface area contributed by atoms with Crippen molar-refractivity contribution >= 4 is 70.6 Å². The normalized spacial score (nSPS) is 11.1. The first-order valence-corrected chi connectivity index (χ1v) is 15.3. The Morgan fingerprint density at radius 1 is 0.936 bits per heavy atom. The lowest BCUT2D eigenvalue weighted by molar-refractivity contribution is -0.155. The molecule has 3 rings (SSSR count). The van der Waals surface area contributed by atoms with E-state index in [1.54, 1.807) is 67.6 Å². The summed E-state index contributed by atoms with van der Waals surface area (Å²) < 4.78 is 1.42. The quantitative estimate of drug-likeness (QED) is 0.0922. The van der Waals surface area contributed by atoms with Crippen molar-refractivity contribution in [3.8, 4) is 5.75 Å². The number of hydrogen-bond acceptors (Lipinski definition) is 8. The van der Waals surface area contributed by atoms with Gasteiger partial charge in [0.25, 0.3) is 11.8 Å². The van der Waals surface area contributed by atoms with Gasteiger partial charge in [0.1, 0.15) is 0 Å². The number of carbonyl (C=O) groups excluding carboxylic acids is 5. The third-order valence-corrected chi connectivity index (χ3v) is 7.14. The number of hydrogen-bond donors (Lipinski definition) is 5. The lowest BCUT2D eigenvalue weighted by Crippen LogP contribution is -2.46. The van der Waals surface area contributed by atoms with Gasteiger partial charge < -0.3 is 25.9 Å². The molecule has 47 heavy (non-hydrogen) atoms. The van der Waals surface area contributed by atoms with Crippen LogP contribution in [0.3, 0.4) is 0 Å². The van der Waals surface area contributed by atoms with Crippen LogP contribution in [0.2, 0.25) is 5.02 Å². The van der Waals surface area contributed by atoms with Gasteiger partial charge in [0.15, 0.2) is 5.75 Å². The van der Waals surface area contributed by atoms with E-state index in [9.17, 15) is 33.9 Å². The zero-order valence-electron chi connectivity index (χ0n) is 25.6. The van der Waals surface area contributed by atoms with Crippen LogP contribution >= 0.6 is 24.2 Å². The Kier molecular flexibility index (Phi) is 13.6. The van der Waals surface area contributed by atoms with Gasteiger partial charge in [0.05, 0.1) is 43.9 Å². The number of rotatable bonds is 15. The lowest BCUT2D eigenvalue weighted by atomic mass is 10.1. The van der Waals surface area contributed by atoms with E-state index in [0.29, 0.717) is 32.7 Å². The lowest BCUT2D eigenvalue weighted by Gasteiger charge is -2.21. The highest BCUT2D eigenvalue weighted by atomic mass is 35.5. The highest BCUT2D eigenvalue weighted by Gasteiger charge is 2.23. The molecule has 0 fully saturated rings. The minimum Gasteiger partial charge on any atom is -0.481 e. The Balaban J connectivity index is 1.82. The van der Waals surface area contributed by atoms with Crippen LogP contribution in [0.1, 0.15) is 28.5 Å². The van der Waals surface area contributed by atoms with Gasteiger partial charge in [-0.3, -0.25) is 33.3 Å². The first-order valence-electron chi connectivity index (χ1n) is 14.3. The molecule has 2 aromatic carbocycles. The monoisotopic (exact) mass is 683 g/mol. The summed E-state index contributed by atoms with van der Waals surface area (Å²) >= 11 is 9.77. The molecule has 3 aromatic rings. The Labute approximate surface area is 280 Å². The zero-order chi connectivity index (χ0) is 34.5. The summed E-state index contributed by atoms with van der Waals surface area (Å²) in [4.78, 5) is 79.6. The molecule has 15 heteroatoms. The molecule has 0 aliphatic rings. The van der Waals surface area contributed by atoms with Gasteiger partial charge in [-0.25, -0.2) is 0 Å². The van der Waals surface area contributed by atoms with Crippen molar-refractivity contribution in [2.45, 2.75) is 20.3 Å². The molecule has 0 unspecified atom stereocenters. The molecule has 1 heterocycles. The van der Waals surface area contributed by atoms with E-state index < -0.39 is 42.7 Å². The van der Waals surface area contributed by atoms with Gasteiger partial charge in [0, 0.05) is 21.7 Å². The number of hydroxylamine groups is 2. The summed E-state index contributed by atoms with van der Waals surface area (Å²) in [5.74, 6) is -3.73. The second-order valence-corrected chi connectivity index (χ2v) is 10.7. The van der Waals surface area contributed by atoms with E-state index in [2.05, 4.69) is 28.6 Å². The summed E-state index contributed by atoms with van der Waals surface area (Å²) in [6.07, 6.45) is 6.52. The minimum absolute atomic E-state index is 0.0181. The molecule has 0 bridgehead atoms. The second-order valence-electron chi connectivity index (χ2n) is 9.95. The molecule has 0 aliphatic carbocycles. The number of aliphatic carboxylic acids is 1. The number of thiol groups is 1. The predicted octanol–water partition coefficient (Wildman–Crippen LogP) is 2.45. The Bertz CT molecular complexity index is 1720. The van der Waals surface area contributed by atoms with Crippen molar-refractivity contribution in [3.63, 3.8) is 0 Å². The van der Waals surface area contributed by atoms with E-state index >= 15 is 0 Å². The predicted molar refractivity (Wildman–Crippen MR) is 178 cm³/mol. The zero-order valence-corrected chi connectivity index (χ0v) is 27.3. The van der Waals surface area contributed by atoms with Gasteiger partial charge in [-0.15, -0.1) is 0 Å². The maximum atomic E-state index is 13.5. The van der Waals surface area contributed by atoms with Crippen LogP contribution in [0.25, 0.3) is 10.9 Å². The third kappa shape index (κ3) is 10.5. The molecule has 13 nitrogen and oxygen atoms in total. The first-order chi connectivity index (χ1) is 22.4. The van der Waals surface area contributed by atoms with Gasteiger partial charge in [-0.05, 0) is 61.9 Å². The van der Waals surface area contributed by atoms with Crippen LogP contribution in [0.4, 0.5) is 0 Å². The maximum Gasteiger partial charge on any atom is 0.307 e. The highest BCUT2D eigenvalue weighted by Crippen LogP contribution is 2.31. The van der Waals surface area contributed by atoms with Crippen LogP contribution < -0.4 is 20.8 Å². The molecule has 0 radical (unpaired) electrons. The van der Waals surface area contributed by atoms with Crippen molar-refractivity contribution in [3.05, 3.63) is 88.6 Å². The Morgan fingerprint density at radius 3 is 2.19 bits per heavy atom. The van der Waals surface area contributed by atoms with E-state index in [-0.39, 0.29) is 36.9 Å². The molecule has 0 spiro atoms. The fraction of sp³-hybridized carbons (Fsp3) is 0.250. The maximum absolute atomic E-state index is 13.5. The fourth-order valence-electron chi connectivity index (χ4n) is 4.34. The van der Waals surface area contributed by atoms with Crippen molar-refractivity contribution < 1.29 is 38.7 Å². The number of carboxylic acids is 1. The topological polar surface area (TPSA) is 176 Å². The number of halogens is 1. The number of carboxylic acid groups (broad SMARTS) is 1. The van der Waals surface area contributed by atoms with Crippen LogP contribution in [0, 0.1) is 6.92 Å². The second kappa shape index (κ2) is 17.6. The molecule has 248 valence electrons. The standard InChI is InChI=1S/C32H34ClN5O8S/c1-3-4-5-6-13-37(30(42)18-36-28(40)16-34-27(39)17-35-29(41)19-47)46-23-11-12-26-25(14-23)24(15-31(43)44)20(2)38(26)32(45)21-7-9-22(33)10-8-21/h3-12,14,47H,13,15-19H2,1-2H3,(H,34,39)(H,35,41)(H,36,40)(H,43,44)/b4-3+,6-5+. The molecular formula is C32H34ClN5O8S. The number of allylic oxidation sites excluding steroid dienone is 3. The van der Waals surface area contributed by atoms with E-state index in [4.69, 9.17) is 16.4 Å². The Morgan fingerprint density at radius 2 is 1.57 bits per heavy atom. The Hall–Kier alpha value is -5.08. The largest absolute Gasteiger partial charge is 0.481 e. The minimum atomic E-state index is -1.10. The number of fused-ring (bicyclic) bond motifs is 1. The van der Waals surface area contributed by atoms with Crippen molar-refractivity contribution in [1.29, 1.82) is 0 Å². The molecule has 4 amide bonds. The number of benzene rings is 2. The summed E-state index contributed by atoms with van der Waals surface area (Å²) in [7, 11) is 0. The van der Waals surface area contributed by atoms with Gasteiger partial charge in [0.2, 0.25) is 17.7 Å². The van der Waals surface area contributed by atoms with Gasteiger partial charge in [-0.2, -0.15) is 17.7 Å².